The van der Waals surface area contributed by atoms with E-state index in [-0.39, 0.29) is 0 Å². The van der Waals surface area contributed by atoms with Crippen LogP contribution in [0.3, 0.4) is 0 Å². The summed E-state index contributed by atoms with van der Waals surface area (Å²) in [6, 6.07) is 15.3. The van der Waals surface area contributed by atoms with Crippen LogP contribution < -0.4 is 10.2 Å². The lowest BCUT2D eigenvalue weighted by molar-refractivity contribution is 1.13. The molecule has 0 radical (unpaired) electrons. The van der Waals surface area contributed by atoms with Gasteiger partial charge >= 0.3 is 0 Å². The molecule has 0 fully saturated rings. The third kappa shape index (κ3) is 2.98. The lowest BCUT2D eigenvalue weighted by atomic mass is 10.1. The summed E-state index contributed by atoms with van der Waals surface area (Å²) in [6.45, 7) is 0. The van der Waals surface area contributed by atoms with Crippen molar-refractivity contribution in [2.24, 2.45) is 0 Å². The van der Waals surface area contributed by atoms with Gasteiger partial charge in [0.25, 0.3) is 0 Å². The maximum Gasteiger partial charge on any atom is 0.101 e. The molecule has 0 atom stereocenters. The Morgan fingerprint density at radius 3 is 2.53 bits per heavy atom. The third-order valence-corrected chi connectivity index (χ3v) is 2.99. The zero-order chi connectivity index (χ0) is 13.8. The van der Waals surface area contributed by atoms with Gasteiger partial charge in [0.05, 0.1) is 22.6 Å². The summed E-state index contributed by atoms with van der Waals surface area (Å²) in [7, 11) is 3.96. The first-order valence-corrected chi connectivity index (χ1v) is 6.22. The number of halogens is 1. The second-order valence-electron chi connectivity index (χ2n) is 4.34. The summed E-state index contributed by atoms with van der Waals surface area (Å²) in [5.41, 5.74) is 3.29. The highest BCUT2D eigenvalue weighted by molar-refractivity contribution is 6.30. The highest BCUT2D eigenvalue weighted by Crippen LogP contribution is 2.29. The molecule has 96 valence electrons. The van der Waals surface area contributed by atoms with Crippen LogP contribution in [0.1, 0.15) is 5.56 Å². The van der Waals surface area contributed by atoms with E-state index >= 15 is 0 Å². The zero-order valence-corrected chi connectivity index (χ0v) is 11.6. The minimum absolute atomic E-state index is 0.529. The molecule has 0 bridgehead atoms. The largest absolute Gasteiger partial charge is 0.376 e. The molecular weight excluding hydrogens is 258 g/mol. The lowest BCUT2D eigenvalue weighted by Crippen LogP contribution is -2.10. The number of para-hydroxylation sites is 2. The van der Waals surface area contributed by atoms with Gasteiger partial charge in [0.1, 0.15) is 6.07 Å². The van der Waals surface area contributed by atoms with Gasteiger partial charge in [-0.05, 0) is 30.3 Å². The van der Waals surface area contributed by atoms with E-state index in [0.717, 1.165) is 17.1 Å². The van der Waals surface area contributed by atoms with Crippen LogP contribution in [0.25, 0.3) is 0 Å². The van der Waals surface area contributed by atoms with Crippen LogP contribution in [-0.4, -0.2) is 14.1 Å². The average molecular weight is 272 g/mol. The highest BCUT2D eigenvalue weighted by atomic mass is 35.5. The molecule has 2 aromatic rings. The van der Waals surface area contributed by atoms with Crippen molar-refractivity contribution in [1.29, 1.82) is 5.26 Å². The van der Waals surface area contributed by atoms with Crippen molar-refractivity contribution in [1.82, 2.24) is 0 Å². The average Bonchev–Trinajstić information content (AvgIpc) is 2.41. The normalized spacial score (nSPS) is 9.79. The molecule has 2 rings (SSSR count). The van der Waals surface area contributed by atoms with Gasteiger partial charge in [-0.2, -0.15) is 5.26 Å². The molecule has 2 aromatic carbocycles. The smallest absolute Gasteiger partial charge is 0.101 e. The summed E-state index contributed by atoms with van der Waals surface area (Å²) in [4.78, 5) is 2.02. The fourth-order valence-corrected chi connectivity index (χ4v) is 2.00. The molecule has 0 amide bonds. The predicted octanol–water partition coefficient (Wildman–Crippen LogP) is 4.02. The van der Waals surface area contributed by atoms with E-state index in [1.807, 2.05) is 49.3 Å². The molecular formula is C15H14ClN3. The zero-order valence-electron chi connectivity index (χ0n) is 10.8. The van der Waals surface area contributed by atoms with Gasteiger partial charge in [0.2, 0.25) is 0 Å². The molecule has 4 heteroatoms. The fourth-order valence-electron chi connectivity index (χ4n) is 1.83. The molecule has 0 unspecified atom stereocenters. The number of nitriles is 1. The number of rotatable bonds is 3. The van der Waals surface area contributed by atoms with Crippen molar-refractivity contribution >= 4 is 28.7 Å². The van der Waals surface area contributed by atoms with E-state index in [9.17, 15) is 0 Å². The number of benzene rings is 2. The van der Waals surface area contributed by atoms with Gasteiger partial charge < -0.3 is 10.2 Å². The molecule has 1 N–H and O–H groups in total. The molecule has 0 aromatic heterocycles. The summed E-state index contributed by atoms with van der Waals surface area (Å²) < 4.78 is 0. The van der Waals surface area contributed by atoms with Crippen molar-refractivity contribution in [3.8, 4) is 6.07 Å². The monoisotopic (exact) mass is 271 g/mol. The van der Waals surface area contributed by atoms with Gasteiger partial charge in [-0.15, -0.1) is 0 Å². The Morgan fingerprint density at radius 2 is 1.84 bits per heavy atom. The minimum Gasteiger partial charge on any atom is -0.376 e. The van der Waals surface area contributed by atoms with E-state index in [1.54, 1.807) is 12.1 Å². The van der Waals surface area contributed by atoms with E-state index in [4.69, 9.17) is 16.9 Å². The Kier molecular flexibility index (Phi) is 3.94. The molecule has 0 heterocycles. The second-order valence-corrected chi connectivity index (χ2v) is 4.77. The maximum absolute atomic E-state index is 9.14. The van der Waals surface area contributed by atoms with Gasteiger partial charge in [-0.25, -0.2) is 0 Å². The molecule has 0 aliphatic rings. The fraction of sp³-hybridized carbons (Fsp3) is 0.133. The first-order chi connectivity index (χ1) is 9.11. The lowest BCUT2D eigenvalue weighted by Gasteiger charge is -2.18. The van der Waals surface area contributed by atoms with Gasteiger partial charge in [0.15, 0.2) is 0 Å². The molecule has 0 aliphatic carbocycles. The number of hydrogen-bond acceptors (Lipinski definition) is 3. The highest BCUT2D eigenvalue weighted by Gasteiger charge is 2.07. The molecule has 0 spiro atoms. The standard InChI is InChI=1S/C15H14ClN3/c1-19(2)15-6-4-3-5-14(15)18-13-8-7-12(16)9-11(13)10-17/h3-9,18H,1-2H3. The van der Waals surface area contributed by atoms with Crippen LogP contribution in [0.5, 0.6) is 0 Å². The Morgan fingerprint density at radius 1 is 1.11 bits per heavy atom. The van der Waals surface area contributed by atoms with Crippen molar-refractivity contribution in [3.05, 3.63) is 53.1 Å². The molecule has 3 nitrogen and oxygen atoms in total. The summed E-state index contributed by atoms with van der Waals surface area (Å²) in [5.74, 6) is 0. The van der Waals surface area contributed by atoms with Gasteiger partial charge in [0, 0.05) is 19.1 Å². The van der Waals surface area contributed by atoms with Crippen LogP contribution in [0.15, 0.2) is 42.5 Å². The summed E-state index contributed by atoms with van der Waals surface area (Å²) >= 11 is 5.89. The third-order valence-electron chi connectivity index (χ3n) is 2.76. The molecule has 19 heavy (non-hydrogen) atoms. The van der Waals surface area contributed by atoms with Gasteiger partial charge in [-0.1, -0.05) is 23.7 Å². The Labute approximate surface area is 118 Å². The second kappa shape index (κ2) is 5.64. The van der Waals surface area contributed by atoms with Crippen LogP contribution in [0, 0.1) is 11.3 Å². The Balaban J connectivity index is 2.40. The SMILES string of the molecule is CN(C)c1ccccc1Nc1ccc(Cl)cc1C#N. The van der Waals surface area contributed by atoms with Crippen LogP contribution in [-0.2, 0) is 0 Å². The topological polar surface area (TPSA) is 39.1 Å². The predicted molar refractivity (Wildman–Crippen MR) is 80.2 cm³/mol. The number of nitrogens with one attached hydrogen (secondary N) is 1. The van der Waals surface area contributed by atoms with E-state index in [2.05, 4.69) is 11.4 Å². The van der Waals surface area contributed by atoms with Crippen molar-refractivity contribution < 1.29 is 0 Å². The van der Waals surface area contributed by atoms with E-state index in [1.165, 1.54) is 0 Å². The van der Waals surface area contributed by atoms with Crippen molar-refractivity contribution in [3.63, 3.8) is 0 Å². The first kappa shape index (κ1) is 13.3. The maximum atomic E-state index is 9.14. The quantitative estimate of drug-likeness (QED) is 0.916. The number of nitrogens with zero attached hydrogens (tertiary/aromatic N) is 2. The van der Waals surface area contributed by atoms with E-state index < -0.39 is 0 Å². The van der Waals surface area contributed by atoms with E-state index in [0.29, 0.717) is 10.6 Å². The summed E-state index contributed by atoms with van der Waals surface area (Å²) in [5, 5.41) is 13.0. The molecule has 0 aliphatic heterocycles. The van der Waals surface area contributed by atoms with Crippen LogP contribution in [0.4, 0.5) is 17.1 Å². The molecule has 0 saturated heterocycles. The van der Waals surface area contributed by atoms with Crippen LogP contribution in [0.2, 0.25) is 5.02 Å². The number of anilines is 3. The van der Waals surface area contributed by atoms with Gasteiger partial charge in [-0.3, -0.25) is 0 Å². The minimum atomic E-state index is 0.529. The van der Waals surface area contributed by atoms with Crippen molar-refractivity contribution in [2.45, 2.75) is 0 Å². The number of hydrogen-bond donors (Lipinski definition) is 1. The van der Waals surface area contributed by atoms with Crippen LogP contribution >= 0.6 is 11.6 Å². The Hall–Kier alpha value is -2.18. The van der Waals surface area contributed by atoms with Crippen molar-refractivity contribution in [2.75, 3.05) is 24.3 Å². The first-order valence-electron chi connectivity index (χ1n) is 5.85. The Bertz CT molecular complexity index is 630. The molecule has 0 saturated carbocycles. The summed E-state index contributed by atoms with van der Waals surface area (Å²) in [6.07, 6.45) is 0.